The second kappa shape index (κ2) is 9.72. The van der Waals surface area contributed by atoms with Gasteiger partial charge in [-0.05, 0) is 61.8 Å². The van der Waals surface area contributed by atoms with Crippen LogP contribution < -0.4 is 10.6 Å². The van der Waals surface area contributed by atoms with E-state index < -0.39 is 12.0 Å². The number of halogens is 1. The van der Waals surface area contributed by atoms with E-state index in [1.807, 2.05) is 24.3 Å². The zero-order valence-corrected chi connectivity index (χ0v) is 17.6. The summed E-state index contributed by atoms with van der Waals surface area (Å²) >= 11 is 0. The Morgan fingerprint density at radius 1 is 1.00 bits per heavy atom. The van der Waals surface area contributed by atoms with Gasteiger partial charge in [-0.3, -0.25) is 4.79 Å². The molecule has 0 radical (unpaired) electrons. The quantitative estimate of drug-likeness (QED) is 0.502. The number of carboxylic acid groups (broad SMARTS) is 1. The molecule has 0 aliphatic heterocycles. The monoisotopic (exact) mass is 436 g/mol. The number of rotatable bonds is 6. The number of benzene rings is 1. The Morgan fingerprint density at radius 3 is 2.34 bits per heavy atom. The molecular weight excluding hydrogens is 411 g/mol. The largest absolute Gasteiger partial charge is 0.465 e. The van der Waals surface area contributed by atoms with E-state index >= 15 is 0 Å². The third-order valence-corrected chi connectivity index (χ3v) is 6.04. The van der Waals surface area contributed by atoms with E-state index in [9.17, 15) is 14.0 Å². The van der Waals surface area contributed by atoms with Gasteiger partial charge in [0, 0.05) is 30.2 Å². The van der Waals surface area contributed by atoms with E-state index in [-0.39, 0.29) is 5.91 Å². The number of carbonyl (C=O) groups is 2. The van der Waals surface area contributed by atoms with Gasteiger partial charge in [0.1, 0.15) is 0 Å². The lowest BCUT2D eigenvalue weighted by Crippen LogP contribution is -2.34. The topological polar surface area (TPSA) is 104 Å². The molecule has 1 saturated carbocycles. The summed E-state index contributed by atoms with van der Waals surface area (Å²) in [4.78, 5) is 32.1. The van der Waals surface area contributed by atoms with E-state index in [1.165, 1.54) is 12.3 Å². The minimum Gasteiger partial charge on any atom is -0.465 e. The summed E-state index contributed by atoms with van der Waals surface area (Å²) in [7, 11) is 0. The van der Waals surface area contributed by atoms with E-state index in [2.05, 4.69) is 20.6 Å². The first-order chi connectivity index (χ1) is 15.5. The Hall–Kier alpha value is -3.55. The van der Waals surface area contributed by atoms with Crippen molar-refractivity contribution < 1.29 is 19.1 Å². The van der Waals surface area contributed by atoms with Gasteiger partial charge in [-0.25, -0.2) is 14.8 Å². The predicted molar refractivity (Wildman–Crippen MR) is 119 cm³/mol. The first-order valence-corrected chi connectivity index (χ1v) is 10.8. The number of amides is 2. The molecule has 0 bridgehead atoms. The molecule has 0 unspecified atom stereocenters. The van der Waals surface area contributed by atoms with Crippen molar-refractivity contribution in [1.29, 1.82) is 0 Å². The lowest BCUT2D eigenvalue weighted by Gasteiger charge is -2.28. The molecular formula is C24H25FN4O3. The minimum atomic E-state index is -0.986. The maximum atomic E-state index is 13.2. The van der Waals surface area contributed by atoms with Crippen molar-refractivity contribution in [3.05, 3.63) is 60.2 Å². The molecule has 0 saturated heterocycles. The Morgan fingerprint density at radius 2 is 1.69 bits per heavy atom. The van der Waals surface area contributed by atoms with Crippen molar-refractivity contribution in [1.82, 2.24) is 20.6 Å². The molecule has 0 spiro atoms. The van der Waals surface area contributed by atoms with Crippen LogP contribution in [0.3, 0.4) is 0 Å². The predicted octanol–water partition coefficient (Wildman–Crippen LogP) is 4.24. The number of para-hydroxylation sites is 1. The summed E-state index contributed by atoms with van der Waals surface area (Å²) in [6.45, 7) is 1.06. The smallest absolute Gasteiger partial charge is 0.404 e. The summed E-state index contributed by atoms with van der Waals surface area (Å²) in [5.41, 5.74) is 2.41. The molecule has 2 amide bonds. The van der Waals surface area contributed by atoms with Crippen LogP contribution in [0.25, 0.3) is 22.2 Å². The van der Waals surface area contributed by atoms with Crippen LogP contribution >= 0.6 is 0 Å². The van der Waals surface area contributed by atoms with Crippen LogP contribution in [0.1, 0.15) is 36.0 Å². The first kappa shape index (κ1) is 21.7. The number of nitrogens with zero attached hydrogens (tertiary/aromatic N) is 2. The number of nitrogens with one attached hydrogen (secondary N) is 2. The lowest BCUT2D eigenvalue weighted by molar-refractivity contribution is 0.0942. The van der Waals surface area contributed by atoms with Gasteiger partial charge in [0.25, 0.3) is 5.91 Å². The highest BCUT2D eigenvalue weighted by atomic mass is 19.1. The molecule has 3 aromatic rings. The Kier molecular flexibility index (Phi) is 6.58. The molecule has 4 rings (SSSR count). The second-order valence-corrected chi connectivity index (χ2v) is 8.22. The summed E-state index contributed by atoms with van der Waals surface area (Å²) in [6, 6.07) is 12.0. The molecule has 1 fully saturated rings. The molecule has 2 heterocycles. The lowest BCUT2D eigenvalue weighted by atomic mass is 9.82. The fourth-order valence-electron chi connectivity index (χ4n) is 4.24. The number of aromatic nitrogens is 2. The van der Waals surface area contributed by atoms with Crippen LogP contribution in [0.4, 0.5) is 9.18 Å². The number of carbonyl (C=O) groups excluding carboxylic acids is 1. The van der Waals surface area contributed by atoms with Gasteiger partial charge in [-0.2, -0.15) is 4.39 Å². The highest BCUT2D eigenvalue weighted by Crippen LogP contribution is 2.28. The van der Waals surface area contributed by atoms with E-state index in [0.717, 1.165) is 31.1 Å². The average Bonchev–Trinajstić information content (AvgIpc) is 2.81. The summed E-state index contributed by atoms with van der Waals surface area (Å²) in [5, 5.41) is 15.0. The molecule has 8 heteroatoms. The van der Waals surface area contributed by atoms with Crippen molar-refractivity contribution in [2.45, 2.75) is 25.7 Å². The Balaban J connectivity index is 1.45. The van der Waals surface area contributed by atoms with Crippen molar-refractivity contribution in [2.75, 3.05) is 13.1 Å². The fourth-order valence-corrected chi connectivity index (χ4v) is 4.24. The van der Waals surface area contributed by atoms with E-state index in [0.29, 0.717) is 47.3 Å². The van der Waals surface area contributed by atoms with Gasteiger partial charge < -0.3 is 15.7 Å². The average molecular weight is 436 g/mol. The summed E-state index contributed by atoms with van der Waals surface area (Å²) in [6.07, 6.45) is 4.22. The molecule has 7 nitrogen and oxygen atoms in total. The van der Waals surface area contributed by atoms with Crippen molar-refractivity contribution in [3.8, 4) is 11.3 Å². The molecule has 166 valence electrons. The van der Waals surface area contributed by atoms with Crippen molar-refractivity contribution in [3.63, 3.8) is 0 Å². The van der Waals surface area contributed by atoms with E-state index in [1.54, 1.807) is 12.1 Å². The maximum Gasteiger partial charge on any atom is 0.404 e. The molecule has 1 aliphatic carbocycles. The summed E-state index contributed by atoms with van der Waals surface area (Å²) < 4.78 is 13.2. The molecule has 3 N–H and O–H groups in total. The Labute approximate surface area is 185 Å². The summed E-state index contributed by atoms with van der Waals surface area (Å²) in [5.74, 6) is -0.0153. The number of hydrogen-bond donors (Lipinski definition) is 3. The third-order valence-electron chi connectivity index (χ3n) is 6.04. The molecule has 1 aromatic carbocycles. The number of hydrogen-bond acceptors (Lipinski definition) is 4. The fraction of sp³-hybridized carbons (Fsp3) is 0.333. The van der Waals surface area contributed by atoms with E-state index in [4.69, 9.17) is 5.11 Å². The minimum absolute atomic E-state index is 0.172. The van der Waals surface area contributed by atoms with Gasteiger partial charge in [-0.15, -0.1) is 0 Å². The normalized spacial score (nSPS) is 18.3. The standard InChI is InChI=1S/C24H25FN4O3/c25-22-10-9-17(14-26-22)21-11-19(18-3-1-2-4-20(18)29-21)23(30)27-12-15-5-7-16(8-6-15)13-28-24(31)32/h1-4,9-11,14-16,28H,5-8,12-13H2,(H,27,30)(H,31,32)/t15-,16-. The van der Waals surface area contributed by atoms with Crippen molar-refractivity contribution in [2.24, 2.45) is 11.8 Å². The van der Waals surface area contributed by atoms with Crippen LogP contribution in [-0.2, 0) is 0 Å². The van der Waals surface area contributed by atoms with Gasteiger partial charge in [0.2, 0.25) is 5.95 Å². The Bertz CT molecular complexity index is 1110. The molecule has 1 aliphatic rings. The molecule has 2 aromatic heterocycles. The van der Waals surface area contributed by atoms with Gasteiger partial charge in [0.15, 0.2) is 0 Å². The van der Waals surface area contributed by atoms with Gasteiger partial charge in [-0.1, -0.05) is 18.2 Å². The molecule has 32 heavy (non-hydrogen) atoms. The number of pyridine rings is 2. The zero-order chi connectivity index (χ0) is 22.5. The number of fused-ring (bicyclic) bond motifs is 1. The maximum absolute atomic E-state index is 13.2. The second-order valence-electron chi connectivity index (χ2n) is 8.22. The van der Waals surface area contributed by atoms with Crippen LogP contribution in [-0.4, -0.2) is 40.2 Å². The van der Waals surface area contributed by atoms with Crippen LogP contribution in [0.15, 0.2) is 48.7 Å². The zero-order valence-electron chi connectivity index (χ0n) is 17.6. The third kappa shape index (κ3) is 5.19. The van der Waals surface area contributed by atoms with Gasteiger partial charge in [0.05, 0.1) is 16.8 Å². The highest BCUT2D eigenvalue weighted by molar-refractivity contribution is 6.07. The highest BCUT2D eigenvalue weighted by Gasteiger charge is 2.22. The molecule has 0 atom stereocenters. The SMILES string of the molecule is O=C(O)NC[C@H]1CC[C@H](CNC(=O)c2cc(-c3ccc(F)nc3)nc3ccccc23)CC1. The van der Waals surface area contributed by atoms with Crippen molar-refractivity contribution >= 4 is 22.9 Å². The van der Waals surface area contributed by atoms with Crippen LogP contribution in [0.5, 0.6) is 0 Å². The van der Waals surface area contributed by atoms with Crippen LogP contribution in [0.2, 0.25) is 0 Å². The van der Waals surface area contributed by atoms with Crippen LogP contribution in [0, 0.1) is 17.8 Å². The first-order valence-electron chi connectivity index (χ1n) is 10.8. The van der Waals surface area contributed by atoms with Gasteiger partial charge >= 0.3 is 6.09 Å².